The minimum Gasteiger partial charge on any atom is -0.481 e. The van der Waals surface area contributed by atoms with Crippen molar-refractivity contribution in [1.82, 2.24) is 5.32 Å². The molecular weight excluding hydrogens is 246 g/mol. The van der Waals surface area contributed by atoms with Gasteiger partial charge in [0.1, 0.15) is 0 Å². The van der Waals surface area contributed by atoms with E-state index in [1.165, 1.54) is 0 Å². The highest BCUT2D eigenvalue weighted by molar-refractivity contribution is 6.20. The van der Waals surface area contributed by atoms with E-state index >= 15 is 0 Å². The summed E-state index contributed by atoms with van der Waals surface area (Å²) in [4.78, 5) is 11.0. The van der Waals surface area contributed by atoms with Gasteiger partial charge in [0.2, 0.25) is 0 Å². The second kappa shape index (κ2) is 7.16. The van der Waals surface area contributed by atoms with Crippen LogP contribution in [0.2, 0.25) is 0 Å². The van der Waals surface area contributed by atoms with E-state index in [0.717, 1.165) is 0 Å². The van der Waals surface area contributed by atoms with Gasteiger partial charge in [-0.1, -0.05) is 0 Å². The van der Waals surface area contributed by atoms with E-state index in [9.17, 15) is 9.90 Å². The molecule has 1 fully saturated rings. The number of carboxylic acid groups (broad SMARTS) is 1. The molecule has 0 amide bonds. The van der Waals surface area contributed by atoms with E-state index in [1.807, 2.05) is 0 Å². The average molecular weight is 266 g/mol. The fraction of sp³-hybridized carbons (Fsp3) is 0.909. The van der Waals surface area contributed by atoms with Gasteiger partial charge >= 0.3 is 5.97 Å². The van der Waals surface area contributed by atoms with Crippen molar-refractivity contribution in [3.8, 4) is 0 Å². The molecule has 0 spiro atoms. The van der Waals surface area contributed by atoms with E-state index in [1.54, 1.807) is 7.11 Å². The van der Waals surface area contributed by atoms with Crippen LogP contribution in [0.5, 0.6) is 0 Å². The maximum atomic E-state index is 11.0. The lowest BCUT2D eigenvalue weighted by molar-refractivity contribution is -0.149. The number of rotatable bonds is 6. The molecule has 4 atom stereocenters. The summed E-state index contributed by atoms with van der Waals surface area (Å²) in [5.41, 5.74) is 0. The summed E-state index contributed by atoms with van der Waals surface area (Å²) in [6, 6.07) is 0. The van der Waals surface area contributed by atoms with Crippen molar-refractivity contribution in [2.45, 2.75) is 24.3 Å². The van der Waals surface area contributed by atoms with Gasteiger partial charge in [-0.25, -0.2) is 0 Å². The number of aliphatic hydroxyl groups excluding tert-OH is 1. The molecule has 0 aromatic heterocycles. The van der Waals surface area contributed by atoms with Gasteiger partial charge in [-0.3, -0.25) is 4.79 Å². The zero-order chi connectivity index (χ0) is 12.8. The van der Waals surface area contributed by atoms with Gasteiger partial charge in [-0.15, -0.1) is 11.6 Å². The van der Waals surface area contributed by atoms with Gasteiger partial charge in [0.25, 0.3) is 0 Å². The lowest BCUT2D eigenvalue weighted by atomic mass is 9.78. The Morgan fingerprint density at radius 2 is 2.24 bits per heavy atom. The first-order valence-electron chi connectivity index (χ1n) is 5.80. The molecule has 100 valence electrons. The molecule has 0 saturated heterocycles. The second-order valence-corrected chi connectivity index (χ2v) is 5.08. The number of ether oxygens (including phenoxy) is 1. The summed E-state index contributed by atoms with van der Waals surface area (Å²) >= 11 is 6.03. The quantitative estimate of drug-likeness (QED) is 0.476. The van der Waals surface area contributed by atoms with Crippen molar-refractivity contribution in [1.29, 1.82) is 0 Å². The molecule has 0 aliphatic heterocycles. The summed E-state index contributed by atoms with van der Waals surface area (Å²) in [7, 11) is 1.62. The van der Waals surface area contributed by atoms with Crippen LogP contribution in [0, 0.1) is 11.8 Å². The third-order valence-corrected chi connectivity index (χ3v) is 3.53. The molecule has 17 heavy (non-hydrogen) atoms. The predicted octanol–water partition coefficient (Wildman–Crippen LogP) is 0.301. The number of alkyl halides is 1. The first-order chi connectivity index (χ1) is 8.06. The van der Waals surface area contributed by atoms with Gasteiger partial charge in [0.15, 0.2) is 0 Å². The fourth-order valence-electron chi connectivity index (χ4n) is 2.22. The van der Waals surface area contributed by atoms with Crippen LogP contribution < -0.4 is 5.32 Å². The van der Waals surface area contributed by atoms with Crippen LogP contribution in [0.3, 0.4) is 0 Å². The molecule has 5 nitrogen and oxygen atoms in total. The molecule has 1 aliphatic rings. The number of nitrogens with one attached hydrogen (secondary N) is 1. The molecule has 0 heterocycles. The van der Waals surface area contributed by atoms with E-state index in [0.29, 0.717) is 32.5 Å². The van der Waals surface area contributed by atoms with E-state index < -0.39 is 18.0 Å². The van der Waals surface area contributed by atoms with Gasteiger partial charge in [-0.05, 0) is 18.8 Å². The molecule has 6 heteroatoms. The Labute approximate surface area is 106 Å². The first-order valence-corrected chi connectivity index (χ1v) is 6.24. The lowest BCUT2D eigenvalue weighted by Gasteiger charge is -2.35. The third kappa shape index (κ3) is 4.43. The maximum absolute atomic E-state index is 11.0. The van der Waals surface area contributed by atoms with Crippen molar-refractivity contribution in [3.05, 3.63) is 0 Å². The summed E-state index contributed by atoms with van der Waals surface area (Å²) in [5, 5.41) is 21.9. The van der Waals surface area contributed by atoms with Crippen LogP contribution in [-0.4, -0.2) is 54.5 Å². The van der Waals surface area contributed by atoms with Gasteiger partial charge in [-0.2, -0.15) is 0 Å². The predicted molar refractivity (Wildman–Crippen MR) is 64.2 cm³/mol. The highest BCUT2D eigenvalue weighted by Gasteiger charge is 2.39. The number of carboxylic acids is 1. The van der Waals surface area contributed by atoms with Crippen LogP contribution in [0.25, 0.3) is 0 Å². The van der Waals surface area contributed by atoms with Gasteiger partial charge in [0.05, 0.1) is 18.6 Å². The normalized spacial score (nSPS) is 33.6. The molecule has 1 aliphatic carbocycles. The average Bonchev–Trinajstić information content (AvgIpc) is 2.28. The maximum Gasteiger partial charge on any atom is 0.309 e. The Balaban J connectivity index is 2.43. The molecule has 4 unspecified atom stereocenters. The Hall–Kier alpha value is -0.360. The fourth-order valence-corrected chi connectivity index (χ4v) is 2.64. The standard InChI is InChI=1S/C11H20ClNO4/c1-17-3-2-13-6-7-4-8(12)5-9(10(7)14)11(15)16/h7-10,13-14H,2-6H2,1H3,(H,15,16). The molecular formula is C11H20ClNO4. The molecule has 0 bridgehead atoms. The number of aliphatic carboxylic acids is 1. The number of hydrogen-bond donors (Lipinski definition) is 3. The Bertz CT molecular complexity index is 252. The summed E-state index contributed by atoms with van der Waals surface area (Å²) < 4.78 is 4.89. The van der Waals surface area contributed by atoms with E-state index in [2.05, 4.69) is 5.32 Å². The smallest absolute Gasteiger partial charge is 0.309 e. The van der Waals surface area contributed by atoms with Crippen LogP contribution >= 0.6 is 11.6 Å². The zero-order valence-electron chi connectivity index (χ0n) is 9.93. The van der Waals surface area contributed by atoms with Crippen LogP contribution in [0.1, 0.15) is 12.8 Å². The Morgan fingerprint density at radius 1 is 1.53 bits per heavy atom. The van der Waals surface area contributed by atoms with Crippen molar-refractivity contribution in [2.24, 2.45) is 11.8 Å². The highest BCUT2D eigenvalue weighted by atomic mass is 35.5. The zero-order valence-corrected chi connectivity index (χ0v) is 10.7. The van der Waals surface area contributed by atoms with E-state index in [-0.39, 0.29) is 11.3 Å². The summed E-state index contributed by atoms with van der Waals surface area (Å²) in [5.74, 6) is -1.82. The number of halogens is 1. The van der Waals surface area contributed by atoms with Crippen LogP contribution in [0.15, 0.2) is 0 Å². The van der Waals surface area contributed by atoms with Crippen LogP contribution in [0.4, 0.5) is 0 Å². The van der Waals surface area contributed by atoms with Crippen molar-refractivity contribution >= 4 is 17.6 Å². The molecule has 3 N–H and O–H groups in total. The monoisotopic (exact) mass is 265 g/mol. The van der Waals surface area contributed by atoms with Crippen molar-refractivity contribution in [2.75, 3.05) is 26.8 Å². The van der Waals surface area contributed by atoms with E-state index in [4.69, 9.17) is 21.4 Å². The number of methoxy groups -OCH3 is 1. The minimum atomic E-state index is -0.968. The van der Waals surface area contributed by atoms with Gasteiger partial charge in [0, 0.05) is 25.6 Å². The molecule has 1 rings (SSSR count). The second-order valence-electron chi connectivity index (χ2n) is 4.46. The lowest BCUT2D eigenvalue weighted by Crippen LogP contribution is -2.45. The van der Waals surface area contributed by atoms with Crippen LogP contribution in [-0.2, 0) is 9.53 Å². The third-order valence-electron chi connectivity index (χ3n) is 3.17. The Kier molecular flexibility index (Phi) is 6.19. The molecule has 0 aromatic carbocycles. The number of aliphatic hydroxyl groups is 1. The highest BCUT2D eigenvalue weighted by Crippen LogP contribution is 2.32. The molecule has 0 aromatic rings. The molecule has 0 radical (unpaired) electrons. The topological polar surface area (TPSA) is 78.8 Å². The largest absolute Gasteiger partial charge is 0.481 e. The first kappa shape index (κ1) is 14.7. The van der Waals surface area contributed by atoms with Gasteiger partial charge < -0.3 is 20.3 Å². The van der Waals surface area contributed by atoms with Crippen molar-refractivity contribution < 1.29 is 19.7 Å². The number of hydrogen-bond acceptors (Lipinski definition) is 4. The summed E-state index contributed by atoms with van der Waals surface area (Å²) in [6.45, 7) is 1.84. The Morgan fingerprint density at radius 3 is 2.82 bits per heavy atom. The minimum absolute atomic E-state index is 0.107. The number of carbonyl (C=O) groups is 1. The van der Waals surface area contributed by atoms with Crippen molar-refractivity contribution in [3.63, 3.8) is 0 Å². The SMILES string of the molecule is COCCNCC1CC(Cl)CC(C(=O)O)C1O. The summed E-state index contributed by atoms with van der Waals surface area (Å²) in [6.07, 6.45) is 0.164. The molecule has 1 saturated carbocycles.